The standard InChI is InChI=1S/C13H18N2OS/c1-9-4-5-12(17-9)13(16)15-6-2-3-10-7-14-8-11(10)15/h4-5,10-11,14H,2-3,6-8H2,1H3. The highest BCUT2D eigenvalue weighted by molar-refractivity contribution is 7.13. The highest BCUT2D eigenvalue weighted by atomic mass is 32.1. The van der Waals surface area contributed by atoms with Gasteiger partial charge >= 0.3 is 0 Å². The molecular weight excluding hydrogens is 232 g/mol. The zero-order valence-electron chi connectivity index (χ0n) is 10.1. The van der Waals surface area contributed by atoms with Crippen molar-refractivity contribution in [2.75, 3.05) is 19.6 Å². The molecule has 1 aromatic rings. The summed E-state index contributed by atoms with van der Waals surface area (Å²) in [6, 6.07) is 4.43. The topological polar surface area (TPSA) is 32.3 Å². The molecule has 1 aromatic heterocycles. The van der Waals surface area contributed by atoms with E-state index in [-0.39, 0.29) is 5.91 Å². The fourth-order valence-corrected chi connectivity index (χ4v) is 3.83. The molecule has 4 heteroatoms. The fraction of sp³-hybridized carbons (Fsp3) is 0.615. The molecule has 2 aliphatic heterocycles. The van der Waals surface area contributed by atoms with Gasteiger partial charge in [-0.1, -0.05) is 0 Å². The van der Waals surface area contributed by atoms with Crippen LogP contribution in [0.25, 0.3) is 0 Å². The summed E-state index contributed by atoms with van der Waals surface area (Å²) in [7, 11) is 0. The van der Waals surface area contributed by atoms with E-state index >= 15 is 0 Å². The van der Waals surface area contributed by atoms with Gasteiger partial charge in [-0.05, 0) is 37.8 Å². The first-order valence-corrected chi connectivity index (χ1v) is 7.15. The Kier molecular flexibility index (Phi) is 2.92. The van der Waals surface area contributed by atoms with Crippen molar-refractivity contribution < 1.29 is 4.79 Å². The number of piperidine rings is 1. The van der Waals surface area contributed by atoms with Gasteiger partial charge in [-0.3, -0.25) is 4.79 Å². The Balaban J connectivity index is 1.81. The third-order valence-electron chi connectivity index (χ3n) is 3.89. The molecule has 2 fully saturated rings. The van der Waals surface area contributed by atoms with E-state index in [1.54, 1.807) is 11.3 Å². The summed E-state index contributed by atoms with van der Waals surface area (Å²) in [5, 5.41) is 3.42. The van der Waals surface area contributed by atoms with Gasteiger partial charge in [-0.15, -0.1) is 11.3 Å². The Morgan fingerprint density at radius 3 is 3.12 bits per heavy atom. The van der Waals surface area contributed by atoms with E-state index in [0.717, 1.165) is 30.9 Å². The van der Waals surface area contributed by atoms with Crippen LogP contribution >= 0.6 is 11.3 Å². The second-order valence-corrected chi connectivity index (χ2v) is 6.32. The average Bonchev–Trinajstić information content (AvgIpc) is 2.95. The summed E-state index contributed by atoms with van der Waals surface area (Å²) in [6.45, 7) is 5.04. The molecule has 2 aliphatic rings. The van der Waals surface area contributed by atoms with Crippen LogP contribution in [0.4, 0.5) is 0 Å². The number of carbonyl (C=O) groups excluding carboxylic acids is 1. The summed E-state index contributed by atoms with van der Waals surface area (Å²) in [5.41, 5.74) is 0. The molecule has 0 radical (unpaired) electrons. The van der Waals surface area contributed by atoms with Crippen LogP contribution in [0.3, 0.4) is 0 Å². The Morgan fingerprint density at radius 1 is 1.47 bits per heavy atom. The highest BCUT2D eigenvalue weighted by Crippen LogP contribution is 2.29. The van der Waals surface area contributed by atoms with Crippen LogP contribution < -0.4 is 5.32 Å². The van der Waals surface area contributed by atoms with Crippen molar-refractivity contribution in [2.45, 2.75) is 25.8 Å². The quantitative estimate of drug-likeness (QED) is 0.825. The van der Waals surface area contributed by atoms with Gasteiger partial charge < -0.3 is 10.2 Å². The van der Waals surface area contributed by atoms with Crippen LogP contribution in [0, 0.1) is 12.8 Å². The van der Waals surface area contributed by atoms with Gasteiger partial charge in [0.25, 0.3) is 5.91 Å². The maximum Gasteiger partial charge on any atom is 0.264 e. The van der Waals surface area contributed by atoms with Gasteiger partial charge in [0, 0.05) is 30.6 Å². The third-order valence-corrected chi connectivity index (χ3v) is 4.88. The Morgan fingerprint density at radius 2 is 2.35 bits per heavy atom. The van der Waals surface area contributed by atoms with E-state index in [9.17, 15) is 4.79 Å². The molecular formula is C13H18N2OS. The smallest absolute Gasteiger partial charge is 0.264 e. The minimum absolute atomic E-state index is 0.238. The first-order chi connectivity index (χ1) is 8.25. The number of hydrogen-bond acceptors (Lipinski definition) is 3. The van der Waals surface area contributed by atoms with E-state index < -0.39 is 0 Å². The Hall–Kier alpha value is -0.870. The number of hydrogen-bond donors (Lipinski definition) is 1. The molecule has 0 saturated carbocycles. The Labute approximate surface area is 106 Å². The molecule has 92 valence electrons. The van der Waals surface area contributed by atoms with Crippen molar-refractivity contribution in [3.8, 4) is 0 Å². The van der Waals surface area contributed by atoms with Crippen molar-refractivity contribution in [2.24, 2.45) is 5.92 Å². The predicted octanol–water partition coefficient (Wildman–Crippen LogP) is 1.88. The van der Waals surface area contributed by atoms with Crippen LogP contribution in [0.5, 0.6) is 0 Å². The Bertz CT molecular complexity index is 429. The van der Waals surface area contributed by atoms with Crippen molar-refractivity contribution in [3.05, 3.63) is 21.9 Å². The minimum Gasteiger partial charge on any atom is -0.333 e. The lowest BCUT2D eigenvalue weighted by Gasteiger charge is -2.36. The van der Waals surface area contributed by atoms with E-state index in [0.29, 0.717) is 12.0 Å². The van der Waals surface area contributed by atoms with Gasteiger partial charge in [-0.2, -0.15) is 0 Å². The van der Waals surface area contributed by atoms with Crippen molar-refractivity contribution in [1.29, 1.82) is 0 Å². The number of amides is 1. The number of likely N-dealkylation sites (tertiary alicyclic amines) is 1. The number of rotatable bonds is 1. The maximum absolute atomic E-state index is 12.5. The molecule has 1 amide bonds. The lowest BCUT2D eigenvalue weighted by atomic mass is 9.92. The second-order valence-electron chi connectivity index (χ2n) is 5.04. The lowest BCUT2D eigenvalue weighted by Crippen LogP contribution is -2.48. The monoisotopic (exact) mass is 250 g/mol. The van der Waals surface area contributed by atoms with E-state index in [2.05, 4.69) is 17.1 Å². The number of thiophene rings is 1. The molecule has 0 aromatic carbocycles. The first kappa shape index (κ1) is 11.2. The van der Waals surface area contributed by atoms with E-state index in [4.69, 9.17) is 0 Å². The fourth-order valence-electron chi connectivity index (χ4n) is 3.01. The summed E-state index contributed by atoms with van der Waals surface area (Å²) < 4.78 is 0. The van der Waals surface area contributed by atoms with Crippen LogP contribution in [0.1, 0.15) is 27.4 Å². The van der Waals surface area contributed by atoms with Crippen LogP contribution in [0.15, 0.2) is 12.1 Å². The van der Waals surface area contributed by atoms with Gasteiger partial charge in [0.15, 0.2) is 0 Å². The third kappa shape index (κ3) is 2.00. The van der Waals surface area contributed by atoms with Crippen LogP contribution in [0.2, 0.25) is 0 Å². The summed E-state index contributed by atoms with van der Waals surface area (Å²) in [6.07, 6.45) is 2.42. The number of aryl methyl sites for hydroxylation is 1. The van der Waals surface area contributed by atoms with E-state index in [1.807, 2.05) is 12.1 Å². The number of nitrogens with zero attached hydrogens (tertiary/aromatic N) is 1. The van der Waals surface area contributed by atoms with Gasteiger partial charge in [0.1, 0.15) is 0 Å². The summed E-state index contributed by atoms with van der Waals surface area (Å²) in [5.74, 6) is 0.912. The highest BCUT2D eigenvalue weighted by Gasteiger charge is 2.37. The zero-order chi connectivity index (χ0) is 11.8. The molecule has 17 heavy (non-hydrogen) atoms. The number of fused-ring (bicyclic) bond motifs is 1. The normalized spacial score (nSPS) is 28.2. The lowest BCUT2D eigenvalue weighted by molar-refractivity contribution is 0.0580. The SMILES string of the molecule is Cc1ccc(C(=O)N2CCCC3CNCC32)s1. The van der Waals surface area contributed by atoms with Crippen molar-refractivity contribution >= 4 is 17.2 Å². The summed E-state index contributed by atoms with van der Waals surface area (Å²) >= 11 is 1.61. The molecule has 2 atom stereocenters. The molecule has 3 rings (SSSR count). The molecule has 0 aliphatic carbocycles. The largest absolute Gasteiger partial charge is 0.333 e. The molecule has 3 nitrogen and oxygen atoms in total. The molecule has 3 heterocycles. The molecule has 0 bridgehead atoms. The molecule has 0 spiro atoms. The first-order valence-electron chi connectivity index (χ1n) is 6.34. The second kappa shape index (κ2) is 4.42. The van der Waals surface area contributed by atoms with Gasteiger partial charge in [0.05, 0.1) is 4.88 Å². The summed E-state index contributed by atoms with van der Waals surface area (Å²) in [4.78, 5) is 16.7. The molecule has 1 N–H and O–H groups in total. The van der Waals surface area contributed by atoms with Crippen molar-refractivity contribution in [3.63, 3.8) is 0 Å². The maximum atomic E-state index is 12.5. The van der Waals surface area contributed by atoms with Gasteiger partial charge in [-0.25, -0.2) is 0 Å². The molecule has 2 unspecified atom stereocenters. The predicted molar refractivity (Wildman–Crippen MR) is 69.5 cm³/mol. The van der Waals surface area contributed by atoms with E-state index in [1.165, 1.54) is 11.3 Å². The van der Waals surface area contributed by atoms with Crippen LogP contribution in [-0.4, -0.2) is 36.5 Å². The zero-order valence-corrected chi connectivity index (χ0v) is 10.9. The molecule has 2 saturated heterocycles. The number of nitrogens with one attached hydrogen (secondary N) is 1. The average molecular weight is 250 g/mol. The van der Waals surface area contributed by atoms with Crippen molar-refractivity contribution in [1.82, 2.24) is 10.2 Å². The van der Waals surface area contributed by atoms with Crippen LogP contribution in [-0.2, 0) is 0 Å². The minimum atomic E-state index is 0.238. The number of carbonyl (C=O) groups is 1. The van der Waals surface area contributed by atoms with Gasteiger partial charge in [0.2, 0.25) is 0 Å².